The van der Waals surface area contributed by atoms with Crippen LogP contribution < -0.4 is 15.5 Å². The van der Waals surface area contributed by atoms with Crippen LogP contribution in [0.4, 0.5) is 0 Å². The van der Waals surface area contributed by atoms with Gasteiger partial charge >= 0.3 is 0 Å². The first kappa shape index (κ1) is 15.5. The third-order valence-corrected chi connectivity index (χ3v) is 4.29. The van der Waals surface area contributed by atoms with E-state index < -0.39 is 0 Å². The van der Waals surface area contributed by atoms with Gasteiger partial charge in [0, 0.05) is 0 Å². The lowest BCUT2D eigenvalue weighted by atomic mass is 10.00. The fourth-order valence-electron chi connectivity index (χ4n) is 3.13. The van der Waals surface area contributed by atoms with E-state index in [1.165, 1.54) is 5.39 Å². The van der Waals surface area contributed by atoms with Gasteiger partial charge < -0.3 is 15.5 Å². The molecule has 0 aromatic heterocycles. The molecule has 2 aromatic rings. The molecule has 5 nitrogen and oxygen atoms in total. The van der Waals surface area contributed by atoms with E-state index in [0.717, 1.165) is 22.4 Å². The zero-order valence-corrected chi connectivity index (χ0v) is 13.3. The smallest absolute Gasteiger partial charge is 0.275 e. The van der Waals surface area contributed by atoms with Crippen molar-refractivity contribution in [2.24, 2.45) is 0 Å². The van der Waals surface area contributed by atoms with Gasteiger partial charge in [-0.25, -0.2) is 0 Å². The first-order valence-corrected chi connectivity index (χ1v) is 8.01. The molecule has 2 atom stereocenters. The SMILES string of the molecule is C[C@H](NC(=O)C[NH+]1CCNC(=O)C1)c1cccc2ccccc12. The van der Waals surface area contributed by atoms with Gasteiger partial charge in [-0.3, -0.25) is 9.59 Å². The number of hydrogen-bond acceptors (Lipinski definition) is 2. The lowest BCUT2D eigenvalue weighted by molar-refractivity contribution is -0.885. The van der Waals surface area contributed by atoms with Crippen LogP contribution in [0.5, 0.6) is 0 Å². The summed E-state index contributed by atoms with van der Waals surface area (Å²) in [6.07, 6.45) is 0. The van der Waals surface area contributed by atoms with Crippen LogP contribution in [0.1, 0.15) is 18.5 Å². The second-order valence-corrected chi connectivity index (χ2v) is 6.06. The van der Waals surface area contributed by atoms with Crippen molar-refractivity contribution in [2.45, 2.75) is 13.0 Å². The van der Waals surface area contributed by atoms with Crippen LogP contribution in [-0.4, -0.2) is 38.0 Å². The number of amides is 2. The van der Waals surface area contributed by atoms with Crippen molar-refractivity contribution in [3.63, 3.8) is 0 Å². The lowest BCUT2D eigenvalue weighted by Crippen LogP contribution is -3.16. The minimum atomic E-state index is -0.0633. The number of rotatable bonds is 4. The lowest BCUT2D eigenvalue weighted by Gasteiger charge is -2.24. The summed E-state index contributed by atoms with van der Waals surface area (Å²) in [5.41, 5.74) is 1.11. The molecule has 23 heavy (non-hydrogen) atoms. The first-order valence-electron chi connectivity index (χ1n) is 8.01. The summed E-state index contributed by atoms with van der Waals surface area (Å²) in [7, 11) is 0. The second kappa shape index (κ2) is 6.79. The Balaban J connectivity index is 1.67. The molecule has 0 bridgehead atoms. The van der Waals surface area contributed by atoms with Crippen LogP contribution in [0.25, 0.3) is 10.8 Å². The van der Waals surface area contributed by atoms with Crippen molar-refractivity contribution >= 4 is 22.6 Å². The van der Waals surface area contributed by atoms with Gasteiger partial charge in [-0.2, -0.15) is 0 Å². The van der Waals surface area contributed by atoms with E-state index in [1.807, 2.05) is 25.1 Å². The summed E-state index contributed by atoms with van der Waals surface area (Å²) >= 11 is 0. The maximum atomic E-state index is 12.3. The fraction of sp³-hybridized carbons (Fsp3) is 0.333. The molecule has 0 spiro atoms. The average molecular weight is 312 g/mol. The molecule has 1 saturated heterocycles. The molecular formula is C18H22N3O2+. The van der Waals surface area contributed by atoms with Gasteiger partial charge in [-0.05, 0) is 23.3 Å². The van der Waals surface area contributed by atoms with Crippen LogP contribution >= 0.6 is 0 Å². The molecule has 2 amide bonds. The van der Waals surface area contributed by atoms with Gasteiger partial charge in [-0.1, -0.05) is 42.5 Å². The third-order valence-electron chi connectivity index (χ3n) is 4.29. The molecule has 1 unspecified atom stereocenters. The van der Waals surface area contributed by atoms with E-state index in [-0.39, 0.29) is 17.9 Å². The Kier molecular flexibility index (Phi) is 4.57. The molecule has 120 valence electrons. The van der Waals surface area contributed by atoms with E-state index in [9.17, 15) is 9.59 Å². The first-order chi connectivity index (χ1) is 11.1. The molecule has 1 heterocycles. The summed E-state index contributed by atoms with van der Waals surface area (Å²) < 4.78 is 0. The Bertz CT molecular complexity index is 724. The van der Waals surface area contributed by atoms with E-state index in [4.69, 9.17) is 0 Å². The van der Waals surface area contributed by atoms with E-state index in [1.54, 1.807) is 0 Å². The number of quaternary nitrogens is 1. The molecular weight excluding hydrogens is 290 g/mol. The van der Waals surface area contributed by atoms with Crippen LogP contribution in [-0.2, 0) is 9.59 Å². The van der Waals surface area contributed by atoms with Gasteiger partial charge in [-0.15, -0.1) is 0 Å². The van der Waals surface area contributed by atoms with E-state index in [0.29, 0.717) is 19.6 Å². The van der Waals surface area contributed by atoms with Crippen LogP contribution in [0.15, 0.2) is 42.5 Å². The van der Waals surface area contributed by atoms with Crippen molar-refractivity contribution in [3.8, 4) is 0 Å². The van der Waals surface area contributed by atoms with Crippen molar-refractivity contribution in [1.29, 1.82) is 0 Å². The largest absolute Gasteiger partial charge is 0.346 e. The topological polar surface area (TPSA) is 62.6 Å². The summed E-state index contributed by atoms with van der Waals surface area (Å²) in [6.45, 7) is 4.14. The number of carbonyl (C=O) groups is 2. The molecule has 0 radical (unpaired) electrons. The minimum Gasteiger partial charge on any atom is -0.346 e. The highest BCUT2D eigenvalue weighted by atomic mass is 16.2. The molecule has 1 aliphatic rings. The summed E-state index contributed by atoms with van der Waals surface area (Å²) in [5, 5.41) is 8.17. The predicted molar refractivity (Wildman–Crippen MR) is 89.1 cm³/mol. The summed E-state index contributed by atoms with van der Waals surface area (Å²) in [5.74, 6) is -0.00344. The number of piperazine rings is 1. The Morgan fingerprint density at radius 3 is 2.87 bits per heavy atom. The zero-order chi connectivity index (χ0) is 16.2. The number of hydrogen-bond donors (Lipinski definition) is 3. The molecule has 3 rings (SSSR count). The molecule has 0 saturated carbocycles. The maximum Gasteiger partial charge on any atom is 0.275 e. The summed E-state index contributed by atoms with van der Waals surface area (Å²) in [6, 6.07) is 14.2. The Morgan fingerprint density at radius 1 is 1.26 bits per heavy atom. The van der Waals surface area contributed by atoms with Gasteiger partial charge in [0.25, 0.3) is 11.8 Å². The number of carbonyl (C=O) groups excluding carboxylic acids is 2. The van der Waals surface area contributed by atoms with Crippen molar-refractivity contribution in [2.75, 3.05) is 26.2 Å². The quantitative estimate of drug-likeness (QED) is 0.746. The number of benzene rings is 2. The molecule has 1 fully saturated rings. The van der Waals surface area contributed by atoms with Gasteiger partial charge in [0.05, 0.1) is 19.1 Å². The Hall–Kier alpha value is -2.40. The number of fused-ring (bicyclic) bond motifs is 1. The molecule has 5 heteroatoms. The van der Waals surface area contributed by atoms with Crippen molar-refractivity contribution in [3.05, 3.63) is 48.0 Å². The second-order valence-electron chi connectivity index (χ2n) is 6.06. The van der Waals surface area contributed by atoms with Gasteiger partial charge in [0.15, 0.2) is 13.1 Å². The highest BCUT2D eigenvalue weighted by Gasteiger charge is 2.23. The minimum absolute atomic E-state index is 0.0150. The zero-order valence-electron chi connectivity index (χ0n) is 13.3. The van der Waals surface area contributed by atoms with Crippen LogP contribution in [0.3, 0.4) is 0 Å². The monoisotopic (exact) mass is 312 g/mol. The van der Waals surface area contributed by atoms with Crippen LogP contribution in [0.2, 0.25) is 0 Å². The van der Waals surface area contributed by atoms with Crippen molar-refractivity contribution in [1.82, 2.24) is 10.6 Å². The fourth-order valence-corrected chi connectivity index (χ4v) is 3.13. The highest BCUT2D eigenvalue weighted by Crippen LogP contribution is 2.23. The molecule has 1 aliphatic heterocycles. The Morgan fingerprint density at radius 2 is 2.04 bits per heavy atom. The van der Waals surface area contributed by atoms with E-state index >= 15 is 0 Å². The maximum absolute atomic E-state index is 12.3. The van der Waals surface area contributed by atoms with E-state index in [2.05, 4.69) is 34.9 Å². The summed E-state index contributed by atoms with van der Waals surface area (Å²) in [4.78, 5) is 24.7. The predicted octanol–water partition coefficient (Wildman–Crippen LogP) is 0.0317. The van der Waals surface area contributed by atoms with Gasteiger partial charge in [0.1, 0.15) is 0 Å². The standard InChI is InChI=1S/C18H21N3O2/c1-13(15-8-4-6-14-5-2-3-7-16(14)15)20-18(23)12-21-10-9-19-17(22)11-21/h2-8,13H,9-12H2,1H3,(H,19,22)(H,20,23)/p+1/t13-/m0/s1. The van der Waals surface area contributed by atoms with Crippen LogP contribution in [0, 0.1) is 0 Å². The Labute approximate surface area is 135 Å². The third kappa shape index (κ3) is 3.68. The number of nitrogens with one attached hydrogen (secondary N) is 3. The normalized spacial score (nSPS) is 19.2. The van der Waals surface area contributed by atoms with Crippen molar-refractivity contribution < 1.29 is 14.5 Å². The molecule has 3 N–H and O–H groups in total. The molecule has 0 aliphatic carbocycles. The average Bonchev–Trinajstić information content (AvgIpc) is 2.54. The highest BCUT2D eigenvalue weighted by molar-refractivity contribution is 5.87. The van der Waals surface area contributed by atoms with Gasteiger partial charge in [0.2, 0.25) is 0 Å². The molecule has 2 aromatic carbocycles.